The summed E-state index contributed by atoms with van der Waals surface area (Å²) in [5.74, 6) is 1.13. The van der Waals surface area contributed by atoms with Gasteiger partial charge in [-0.3, -0.25) is 5.10 Å². The number of nitrogens with one attached hydrogen (secondary N) is 2. The van der Waals surface area contributed by atoms with Gasteiger partial charge in [-0.2, -0.15) is 5.10 Å². The van der Waals surface area contributed by atoms with E-state index in [4.69, 9.17) is 10.1 Å². The summed E-state index contributed by atoms with van der Waals surface area (Å²) in [5.41, 5.74) is 4.22. The van der Waals surface area contributed by atoms with Crippen molar-refractivity contribution in [3.8, 4) is 11.4 Å². The van der Waals surface area contributed by atoms with Gasteiger partial charge in [0.1, 0.15) is 11.6 Å². The first-order valence-electron chi connectivity index (χ1n) is 12.9. The van der Waals surface area contributed by atoms with Crippen LogP contribution in [-0.2, 0) is 13.1 Å². The highest BCUT2D eigenvalue weighted by atomic mass is 19.1. The van der Waals surface area contributed by atoms with Gasteiger partial charge in [-0.25, -0.2) is 13.8 Å². The smallest absolute Gasteiger partial charge is 0.195 e. The zero-order chi connectivity index (χ0) is 26.8. The standard InChI is InChI=1S/C29H28F2N8/c1-19-25-16-22(8-9-26(25)35-34-19)27-33-28(38-12-10-32-11-13-38)29(37-36-27)39(17-20-4-2-6-23(30)14-20)18-21-5-3-7-24(31)15-21/h2-9,14-16,32H,10-13,17-18H2,1H3,(H,34,35). The first kappa shape index (κ1) is 24.9. The Balaban J connectivity index is 1.45. The molecule has 0 aliphatic carbocycles. The molecule has 0 radical (unpaired) electrons. The number of halogens is 2. The predicted molar refractivity (Wildman–Crippen MR) is 147 cm³/mol. The van der Waals surface area contributed by atoms with E-state index in [1.165, 1.54) is 24.3 Å². The number of anilines is 2. The van der Waals surface area contributed by atoms with Crippen LogP contribution in [0.4, 0.5) is 20.4 Å². The minimum Gasteiger partial charge on any atom is -0.351 e. The lowest BCUT2D eigenvalue weighted by Crippen LogP contribution is -2.44. The van der Waals surface area contributed by atoms with Crippen molar-refractivity contribution in [3.63, 3.8) is 0 Å². The number of H-pyrrole nitrogens is 1. The average molecular weight is 527 g/mol. The van der Waals surface area contributed by atoms with Crippen LogP contribution in [0.25, 0.3) is 22.3 Å². The van der Waals surface area contributed by atoms with E-state index in [0.717, 1.165) is 59.5 Å². The Bertz CT molecular complexity index is 1570. The van der Waals surface area contributed by atoms with E-state index in [2.05, 4.69) is 25.5 Å². The van der Waals surface area contributed by atoms with Gasteiger partial charge in [0.05, 0.1) is 5.52 Å². The van der Waals surface area contributed by atoms with E-state index in [-0.39, 0.29) is 11.6 Å². The fourth-order valence-electron chi connectivity index (χ4n) is 4.92. The van der Waals surface area contributed by atoms with E-state index in [0.29, 0.717) is 30.5 Å². The van der Waals surface area contributed by atoms with E-state index in [1.54, 1.807) is 12.1 Å². The van der Waals surface area contributed by atoms with Crippen molar-refractivity contribution in [2.75, 3.05) is 36.0 Å². The van der Waals surface area contributed by atoms with Crippen molar-refractivity contribution >= 4 is 22.5 Å². The first-order valence-corrected chi connectivity index (χ1v) is 12.9. The van der Waals surface area contributed by atoms with E-state index in [9.17, 15) is 8.78 Å². The largest absolute Gasteiger partial charge is 0.351 e. The Morgan fingerprint density at radius 1 is 0.872 bits per heavy atom. The molecule has 0 saturated carbocycles. The lowest BCUT2D eigenvalue weighted by molar-refractivity contribution is 0.581. The fraction of sp³-hybridized carbons (Fsp3) is 0.241. The normalized spacial score (nSPS) is 13.7. The van der Waals surface area contributed by atoms with Gasteiger partial charge in [-0.15, -0.1) is 10.2 Å². The van der Waals surface area contributed by atoms with Crippen LogP contribution in [0, 0.1) is 18.6 Å². The molecule has 1 fully saturated rings. The molecule has 10 heteroatoms. The third-order valence-corrected chi connectivity index (χ3v) is 6.90. The van der Waals surface area contributed by atoms with Gasteiger partial charge < -0.3 is 15.1 Å². The number of hydrogen-bond donors (Lipinski definition) is 2. The lowest BCUT2D eigenvalue weighted by atomic mass is 10.1. The van der Waals surface area contributed by atoms with Crippen LogP contribution < -0.4 is 15.1 Å². The van der Waals surface area contributed by atoms with Gasteiger partial charge >= 0.3 is 0 Å². The number of piperazine rings is 1. The van der Waals surface area contributed by atoms with Crippen molar-refractivity contribution in [1.29, 1.82) is 0 Å². The molecule has 0 atom stereocenters. The summed E-state index contributed by atoms with van der Waals surface area (Å²) in [6.07, 6.45) is 0. The number of hydrogen-bond acceptors (Lipinski definition) is 7. The number of rotatable bonds is 7. The van der Waals surface area contributed by atoms with Crippen molar-refractivity contribution < 1.29 is 8.78 Å². The summed E-state index contributed by atoms with van der Waals surface area (Å²) in [6.45, 7) is 5.80. The molecule has 6 rings (SSSR count). The molecule has 2 aromatic heterocycles. The fourth-order valence-corrected chi connectivity index (χ4v) is 4.92. The lowest BCUT2D eigenvalue weighted by Gasteiger charge is -2.33. The summed E-state index contributed by atoms with van der Waals surface area (Å²) < 4.78 is 28.2. The van der Waals surface area contributed by atoms with Crippen LogP contribution in [0.1, 0.15) is 16.8 Å². The van der Waals surface area contributed by atoms with Crippen LogP contribution in [-0.4, -0.2) is 51.6 Å². The molecular weight excluding hydrogens is 498 g/mol. The maximum atomic E-state index is 14.1. The van der Waals surface area contributed by atoms with Gasteiger partial charge in [-0.1, -0.05) is 24.3 Å². The maximum absolute atomic E-state index is 14.1. The highest BCUT2D eigenvalue weighted by Crippen LogP contribution is 2.31. The highest BCUT2D eigenvalue weighted by Gasteiger charge is 2.24. The second-order valence-electron chi connectivity index (χ2n) is 9.72. The number of benzene rings is 3. The van der Waals surface area contributed by atoms with E-state index < -0.39 is 0 Å². The van der Waals surface area contributed by atoms with Gasteiger partial charge in [0.25, 0.3) is 0 Å². The van der Waals surface area contributed by atoms with Crippen molar-refractivity contribution in [1.82, 2.24) is 30.7 Å². The quantitative estimate of drug-likeness (QED) is 0.320. The topological polar surface area (TPSA) is 85.9 Å². The van der Waals surface area contributed by atoms with Gasteiger partial charge in [0.2, 0.25) is 0 Å². The number of fused-ring (bicyclic) bond motifs is 1. The molecule has 1 saturated heterocycles. The molecule has 0 unspecified atom stereocenters. The molecule has 0 bridgehead atoms. The highest BCUT2D eigenvalue weighted by molar-refractivity contribution is 5.85. The summed E-state index contributed by atoms with van der Waals surface area (Å²) in [4.78, 5) is 9.20. The monoisotopic (exact) mass is 526 g/mol. The molecule has 0 spiro atoms. The summed E-state index contributed by atoms with van der Waals surface area (Å²) in [6, 6.07) is 18.8. The van der Waals surface area contributed by atoms with E-state index in [1.807, 2.05) is 42.2 Å². The molecule has 1 aliphatic rings. The van der Waals surface area contributed by atoms with Gasteiger partial charge in [0.15, 0.2) is 17.5 Å². The van der Waals surface area contributed by atoms with Crippen molar-refractivity contribution in [2.45, 2.75) is 20.0 Å². The van der Waals surface area contributed by atoms with Crippen molar-refractivity contribution in [2.24, 2.45) is 0 Å². The Kier molecular flexibility index (Phi) is 6.85. The summed E-state index contributed by atoms with van der Waals surface area (Å²) >= 11 is 0. The molecule has 3 heterocycles. The zero-order valence-electron chi connectivity index (χ0n) is 21.5. The van der Waals surface area contributed by atoms with E-state index >= 15 is 0 Å². The Morgan fingerprint density at radius 2 is 1.56 bits per heavy atom. The van der Waals surface area contributed by atoms with Crippen LogP contribution in [0.5, 0.6) is 0 Å². The third-order valence-electron chi connectivity index (χ3n) is 6.90. The molecule has 39 heavy (non-hydrogen) atoms. The van der Waals surface area contributed by atoms with Crippen LogP contribution in [0.2, 0.25) is 0 Å². The Hall–Kier alpha value is -4.44. The maximum Gasteiger partial charge on any atom is 0.195 e. The average Bonchev–Trinajstić information content (AvgIpc) is 3.33. The first-order chi connectivity index (χ1) is 19.0. The molecule has 1 aliphatic heterocycles. The molecule has 2 N–H and O–H groups in total. The number of aryl methyl sites for hydroxylation is 1. The molecule has 198 valence electrons. The zero-order valence-corrected chi connectivity index (χ0v) is 21.5. The minimum absolute atomic E-state index is 0.315. The van der Waals surface area contributed by atoms with Crippen molar-refractivity contribution in [3.05, 3.63) is 95.2 Å². The second-order valence-corrected chi connectivity index (χ2v) is 9.72. The number of nitrogens with zero attached hydrogens (tertiary/aromatic N) is 6. The molecule has 8 nitrogen and oxygen atoms in total. The van der Waals surface area contributed by atoms with Crippen LogP contribution in [0.3, 0.4) is 0 Å². The SMILES string of the molecule is Cc1[nH]nc2ccc(-c3nnc(N(Cc4cccc(F)c4)Cc4cccc(F)c4)c(N4CCNCC4)n3)cc12. The van der Waals surface area contributed by atoms with Crippen LogP contribution >= 0.6 is 0 Å². The molecular formula is C29H28F2N8. The Labute approximate surface area is 224 Å². The molecule has 0 amide bonds. The third kappa shape index (κ3) is 5.42. The molecule has 3 aromatic carbocycles. The minimum atomic E-state index is -0.315. The molecule has 5 aromatic rings. The summed E-state index contributed by atoms with van der Waals surface area (Å²) in [7, 11) is 0. The number of aromatic amines is 1. The van der Waals surface area contributed by atoms with Gasteiger partial charge in [-0.05, 0) is 60.5 Å². The predicted octanol–water partition coefficient (Wildman–Crippen LogP) is 4.62. The second kappa shape index (κ2) is 10.7. The van der Waals surface area contributed by atoms with Gasteiger partial charge in [0, 0.05) is 55.9 Å². The summed E-state index contributed by atoms with van der Waals surface area (Å²) in [5, 5.41) is 21.0. The number of aromatic nitrogens is 5. The Morgan fingerprint density at radius 3 is 2.23 bits per heavy atom. The van der Waals surface area contributed by atoms with Crippen LogP contribution in [0.15, 0.2) is 66.7 Å².